The number of nitrogens with zero attached hydrogens (tertiary/aromatic N) is 4. The van der Waals surface area contributed by atoms with E-state index >= 15 is 0 Å². The summed E-state index contributed by atoms with van der Waals surface area (Å²) in [6, 6.07) is 9.41. The molecule has 1 amide bonds. The minimum absolute atomic E-state index is 0.0193. The van der Waals surface area contributed by atoms with Gasteiger partial charge in [-0.05, 0) is 25.1 Å². The van der Waals surface area contributed by atoms with Gasteiger partial charge in [0, 0.05) is 30.3 Å². The molecule has 3 aromatic rings. The molecule has 1 aromatic heterocycles. The minimum Gasteiger partial charge on any atom is -0.497 e. The first-order valence-electron chi connectivity index (χ1n) is 9.81. The van der Waals surface area contributed by atoms with Gasteiger partial charge in [0.2, 0.25) is 5.91 Å². The predicted molar refractivity (Wildman–Crippen MR) is 123 cm³/mol. The van der Waals surface area contributed by atoms with Crippen LogP contribution in [0.1, 0.15) is 6.92 Å². The summed E-state index contributed by atoms with van der Waals surface area (Å²) in [5.74, 6) is 1.83. The number of carbonyl (C=O) groups excluding carboxylic acids is 1. The summed E-state index contributed by atoms with van der Waals surface area (Å²) in [5, 5.41) is 22.7. The molecule has 3 rings (SSSR count). The Morgan fingerprint density at radius 1 is 1.09 bits per heavy atom. The van der Waals surface area contributed by atoms with Gasteiger partial charge >= 0.3 is 0 Å². The Kier molecular flexibility index (Phi) is 7.72. The van der Waals surface area contributed by atoms with Crippen molar-refractivity contribution in [3.63, 3.8) is 0 Å². The second kappa shape index (κ2) is 10.7. The molecule has 0 bridgehead atoms. The lowest BCUT2D eigenvalue weighted by Gasteiger charge is -2.11. The Balaban J connectivity index is 1.77. The highest BCUT2D eigenvalue weighted by Gasteiger charge is 2.18. The summed E-state index contributed by atoms with van der Waals surface area (Å²) in [6.45, 7) is 2.52. The Morgan fingerprint density at radius 3 is 2.36 bits per heavy atom. The molecule has 0 radical (unpaired) electrons. The van der Waals surface area contributed by atoms with Gasteiger partial charge in [-0.1, -0.05) is 11.8 Å². The van der Waals surface area contributed by atoms with Gasteiger partial charge in [0.15, 0.2) is 11.0 Å². The van der Waals surface area contributed by atoms with E-state index in [9.17, 15) is 14.9 Å². The number of hydrogen-bond donors (Lipinski definition) is 1. The third-order valence-corrected chi connectivity index (χ3v) is 5.61. The standard InChI is InChI=1S/C21H23N5O6S/c1-5-25-20(13-8-15(30-2)11-16(9-13)31-3)23-24-21(25)33-12-19(27)22-17-10-14(26(28)29)6-7-18(17)32-4/h6-11H,5,12H2,1-4H3,(H,22,27). The number of thioether (sulfide) groups is 1. The van der Waals surface area contributed by atoms with Crippen LogP contribution in [0.2, 0.25) is 0 Å². The molecule has 0 saturated carbocycles. The molecule has 0 aliphatic heterocycles. The monoisotopic (exact) mass is 473 g/mol. The van der Waals surface area contributed by atoms with Gasteiger partial charge in [0.05, 0.1) is 37.7 Å². The van der Waals surface area contributed by atoms with E-state index < -0.39 is 4.92 Å². The molecule has 1 N–H and O–H groups in total. The maximum Gasteiger partial charge on any atom is 0.271 e. The summed E-state index contributed by atoms with van der Waals surface area (Å²) < 4.78 is 17.7. The van der Waals surface area contributed by atoms with Crippen LogP contribution in [-0.4, -0.2) is 52.7 Å². The summed E-state index contributed by atoms with van der Waals surface area (Å²) in [6.07, 6.45) is 0. The van der Waals surface area contributed by atoms with Crippen molar-refractivity contribution in [3.8, 4) is 28.6 Å². The quantitative estimate of drug-likeness (QED) is 0.266. The Hall–Kier alpha value is -3.80. The fourth-order valence-electron chi connectivity index (χ4n) is 3.05. The lowest BCUT2D eigenvalue weighted by atomic mass is 10.2. The molecule has 0 spiro atoms. The van der Waals surface area contributed by atoms with Crippen LogP contribution in [0.15, 0.2) is 41.6 Å². The molecular weight excluding hydrogens is 450 g/mol. The van der Waals surface area contributed by atoms with Gasteiger partial charge in [-0.2, -0.15) is 0 Å². The van der Waals surface area contributed by atoms with Gasteiger partial charge in [-0.3, -0.25) is 14.9 Å². The number of amides is 1. The second-order valence-electron chi connectivity index (χ2n) is 6.63. The fraction of sp³-hybridized carbons (Fsp3) is 0.286. The molecule has 174 valence electrons. The number of nitro groups is 1. The Bertz CT molecular complexity index is 1140. The number of ether oxygens (including phenoxy) is 3. The lowest BCUT2D eigenvalue weighted by Crippen LogP contribution is -2.15. The van der Waals surface area contributed by atoms with Gasteiger partial charge < -0.3 is 24.1 Å². The Morgan fingerprint density at radius 2 is 1.79 bits per heavy atom. The van der Waals surface area contributed by atoms with Crippen molar-refractivity contribution in [1.29, 1.82) is 0 Å². The minimum atomic E-state index is -0.539. The molecule has 0 aliphatic rings. The number of aromatic nitrogens is 3. The molecule has 0 unspecified atom stereocenters. The first-order chi connectivity index (χ1) is 15.9. The molecule has 12 heteroatoms. The number of nitro benzene ring substituents is 1. The van der Waals surface area contributed by atoms with Gasteiger partial charge in [-0.25, -0.2) is 0 Å². The van der Waals surface area contributed by atoms with E-state index in [1.165, 1.54) is 37.1 Å². The zero-order chi connectivity index (χ0) is 24.0. The van der Waals surface area contributed by atoms with Crippen molar-refractivity contribution >= 4 is 29.0 Å². The van der Waals surface area contributed by atoms with E-state index in [-0.39, 0.29) is 23.0 Å². The van der Waals surface area contributed by atoms with Gasteiger partial charge in [0.1, 0.15) is 17.2 Å². The number of benzene rings is 2. The van der Waals surface area contributed by atoms with Crippen molar-refractivity contribution in [3.05, 3.63) is 46.5 Å². The van der Waals surface area contributed by atoms with Crippen LogP contribution < -0.4 is 19.5 Å². The highest BCUT2D eigenvalue weighted by molar-refractivity contribution is 7.99. The van der Waals surface area contributed by atoms with Crippen LogP contribution in [0.5, 0.6) is 17.2 Å². The van der Waals surface area contributed by atoms with Crippen molar-refractivity contribution in [1.82, 2.24) is 14.8 Å². The molecule has 0 aliphatic carbocycles. The second-order valence-corrected chi connectivity index (χ2v) is 7.57. The van der Waals surface area contributed by atoms with Crippen LogP contribution in [0.25, 0.3) is 11.4 Å². The predicted octanol–water partition coefficient (Wildman–Crippen LogP) is 3.63. The molecule has 1 heterocycles. The number of nitrogens with one attached hydrogen (secondary N) is 1. The average molecular weight is 474 g/mol. The van der Waals surface area contributed by atoms with E-state index in [1.54, 1.807) is 20.3 Å². The van der Waals surface area contributed by atoms with E-state index in [2.05, 4.69) is 15.5 Å². The zero-order valence-electron chi connectivity index (χ0n) is 18.5. The summed E-state index contributed by atoms with van der Waals surface area (Å²) in [5.41, 5.74) is 0.833. The van der Waals surface area contributed by atoms with Crippen LogP contribution in [0, 0.1) is 10.1 Å². The molecule has 2 aromatic carbocycles. The number of carbonyl (C=O) groups is 1. The van der Waals surface area contributed by atoms with Crippen molar-refractivity contribution in [2.45, 2.75) is 18.6 Å². The lowest BCUT2D eigenvalue weighted by molar-refractivity contribution is -0.384. The molecule has 0 fully saturated rings. The molecular formula is C21H23N5O6S. The van der Waals surface area contributed by atoms with E-state index in [0.29, 0.717) is 34.8 Å². The van der Waals surface area contributed by atoms with Crippen LogP contribution >= 0.6 is 11.8 Å². The largest absolute Gasteiger partial charge is 0.497 e. The van der Waals surface area contributed by atoms with Gasteiger partial charge in [-0.15, -0.1) is 10.2 Å². The summed E-state index contributed by atoms with van der Waals surface area (Å²) >= 11 is 1.20. The third kappa shape index (κ3) is 5.52. The average Bonchev–Trinajstić information content (AvgIpc) is 3.25. The number of anilines is 1. The molecule has 11 nitrogen and oxygen atoms in total. The molecule has 0 atom stereocenters. The van der Waals surface area contributed by atoms with E-state index in [4.69, 9.17) is 14.2 Å². The van der Waals surface area contributed by atoms with E-state index in [0.717, 1.165) is 5.56 Å². The highest BCUT2D eigenvalue weighted by atomic mass is 32.2. The smallest absolute Gasteiger partial charge is 0.271 e. The highest BCUT2D eigenvalue weighted by Crippen LogP contribution is 2.32. The fourth-order valence-corrected chi connectivity index (χ4v) is 3.86. The number of hydrogen-bond acceptors (Lipinski definition) is 9. The first-order valence-corrected chi connectivity index (χ1v) is 10.8. The van der Waals surface area contributed by atoms with Crippen LogP contribution in [-0.2, 0) is 11.3 Å². The number of rotatable bonds is 10. The van der Waals surface area contributed by atoms with Crippen LogP contribution in [0.3, 0.4) is 0 Å². The number of methoxy groups -OCH3 is 3. The van der Waals surface area contributed by atoms with Gasteiger partial charge in [0.25, 0.3) is 5.69 Å². The maximum atomic E-state index is 12.5. The first kappa shape index (κ1) is 23.9. The van der Waals surface area contributed by atoms with Crippen molar-refractivity contribution in [2.24, 2.45) is 0 Å². The summed E-state index contributed by atoms with van der Waals surface area (Å²) in [4.78, 5) is 23.0. The normalized spacial score (nSPS) is 10.5. The maximum absolute atomic E-state index is 12.5. The number of non-ortho nitro benzene ring substituents is 1. The van der Waals surface area contributed by atoms with Crippen molar-refractivity contribution < 1.29 is 23.9 Å². The third-order valence-electron chi connectivity index (χ3n) is 4.64. The SMILES string of the molecule is CCn1c(SCC(=O)Nc2cc([N+](=O)[O-])ccc2OC)nnc1-c1cc(OC)cc(OC)c1. The van der Waals surface area contributed by atoms with Crippen LogP contribution in [0.4, 0.5) is 11.4 Å². The Labute approximate surface area is 194 Å². The van der Waals surface area contributed by atoms with Crippen molar-refractivity contribution in [2.75, 3.05) is 32.4 Å². The van der Waals surface area contributed by atoms with E-state index in [1.807, 2.05) is 23.6 Å². The zero-order valence-corrected chi connectivity index (χ0v) is 19.3. The summed E-state index contributed by atoms with van der Waals surface area (Å²) in [7, 11) is 4.56. The molecule has 33 heavy (non-hydrogen) atoms. The topological polar surface area (TPSA) is 131 Å². The molecule has 0 saturated heterocycles.